The fourth-order valence-electron chi connectivity index (χ4n) is 3.13. The van der Waals surface area contributed by atoms with Crippen LogP contribution in [0.3, 0.4) is 0 Å². The summed E-state index contributed by atoms with van der Waals surface area (Å²) in [5.74, 6) is 0.586. The first-order valence-corrected chi connectivity index (χ1v) is 8.21. The number of methoxy groups -OCH3 is 1. The van der Waals surface area contributed by atoms with Crippen molar-refractivity contribution in [2.75, 3.05) is 25.2 Å². The lowest BCUT2D eigenvalue weighted by Gasteiger charge is -2.24. The molecule has 2 aromatic carbocycles. The lowest BCUT2D eigenvalue weighted by molar-refractivity contribution is 0.114. The number of nitrogens with zero attached hydrogens (tertiary/aromatic N) is 2. The minimum Gasteiger partial charge on any atom is -0.497 e. The van der Waals surface area contributed by atoms with Crippen molar-refractivity contribution in [2.24, 2.45) is 0 Å². The van der Waals surface area contributed by atoms with Gasteiger partial charge < -0.3 is 18.9 Å². The van der Waals surface area contributed by atoms with Crippen LogP contribution in [0.2, 0.25) is 0 Å². The van der Waals surface area contributed by atoms with Crippen LogP contribution in [0.25, 0.3) is 5.69 Å². The molecule has 1 aliphatic rings. The second-order valence-electron chi connectivity index (χ2n) is 5.95. The Kier molecular flexibility index (Phi) is 4.15. The zero-order valence-corrected chi connectivity index (χ0v) is 13.9. The molecule has 0 spiro atoms. The molecular formula is C20H19FN2O2. The number of hydrogen-bond acceptors (Lipinski definition) is 3. The van der Waals surface area contributed by atoms with Crippen LogP contribution in [0.5, 0.6) is 5.75 Å². The molecule has 0 unspecified atom stereocenters. The third kappa shape index (κ3) is 3.10. The molecule has 25 heavy (non-hydrogen) atoms. The summed E-state index contributed by atoms with van der Waals surface area (Å²) in [6.07, 6.45) is 3.90. The van der Waals surface area contributed by atoms with E-state index >= 15 is 0 Å². The Hall–Kier alpha value is -2.79. The van der Waals surface area contributed by atoms with E-state index in [1.807, 2.05) is 41.1 Å². The van der Waals surface area contributed by atoms with E-state index in [9.17, 15) is 4.39 Å². The van der Waals surface area contributed by atoms with E-state index in [1.54, 1.807) is 19.2 Å². The zero-order valence-electron chi connectivity index (χ0n) is 13.9. The third-order valence-electron chi connectivity index (χ3n) is 4.40. The van der Waals surface area contributed by atoms with Gasteiger partial charge in [-0.15, -0.1) is 0 Å². The van der Waals surface area contributed by atoms with Crippen LogP contribution >= 0.6 is 0 Å². The van der Waals surface area contributed by atoms with Gasteiger partial charge in [-0.3, -0.25) is 0 Å². The molecule has 1 aliphatic heterocycles. The van der Waals surface area contributed by atoms with Crippen molar-refractivity contribution in [1.29, 1.82) is 0 Å². The van der Waals surface area contributed by atoms with Gasteiger partial charge in [-0.05, 0) is 42.5 Å². The number of rotatable bonds is 4. The molecule has 4 nitrogen and oxygen atoms in total. The summed E-state index contributed by atoms with van der Waals surface area (Å²) in [6, 6.07) is 16.5. The van der Waals surface area contributed by atoms with Crippen molar-refractivity contribution in [1.82, 2.24) is 4.57 Å². The van der Waals surface area contributed by atoms with Gasteiger partial charge in [0.1, 0.15) is 11.6 Å². The van der Waals surface area contributed by atoms with Gasteiger partial charge >= 0.3 is 0 Å². The number of ether oxygens (including phenoxy) is 2. The average Bonchev–Trinajstić information content (AvgIpc) is 3.31. The largest absolute Gasteiger partial charge is 0.497 e. The van der Waals surface area contributed by atoms with Crippen LogP contribution < -0.4 is 9.64 Å². The van der Waals surface area contributed by atoms with Crippen LogP contribution in [0.15, 0.2) is 67.0 Å². The molecule has 128 valence electrons. The van der Waals surface area contributed by atoms with Crippen LogP contribution in [0, 0.1) is 5.82 Å². The van der Waals surface area contributed by atoms with E-state index in [0.717, 1.165) is 29.2 Å². The summed E-state index contributed by atoms with van der Waals surface area (Å²) in [6.45, 7) is 1.42. The van der Waals surface area contributed by atoms with Gasteiger partial charge in [-0.2, -0.15) is 0 Å². The minimum atomic E-state index is -0.232. The number of anilines is 1. The molecule has 0 radical (unpaired) electrons. The fourth-order valence-corrected chi connectivity index (χ4v) is 3.13. The molecule has 1 fully saturated rings. The predicted molar refractivity (Wildman–Crippen MR) is 94.8 cm³/mol. The maximum atomic E-state index is 13.2. The summed E-state index contributed by atoms with van der Waals surface area (Å²) in [4.78, 5) is 2.14. The molecular weight excluding hydrogens is 319 g/mol. The van der Waals surface area contributed by atoms with Crippen molar-refractivity contribution in [3.63, 3.8) is 0 Å². The standard InChI is InChI=1S/C20H19FN2O2/c1-24-19-4-2-3-18(13-19)22-10-9-15(14-22)20-23(11-12-25-20)17-7-5-16(21)6-8-17/h2-10,13-14,20H,11-12H2,1H3/t20-/m1/s1. The second-order valence-corrected chi connectivity index (χ2v) is 5.95. The van der Waals surface area contributed by atoms with Gasteiger partial charge in [0.05, 0.1) is 13.7 Å². The van der Waals surface area contributed by atoms with Crippen LogP contribution in [0.1, 0.15) is 11.8 Å². The van der Waals surface area contributed by atoms with Crippen molar-refractivity contribution < 1.29 is 13.9 Å². The Bertz CT molecular complexity index is 860. The Morgan fingerprint density at radius 3 is 2.72 bits per heavy atom. The first-order chi connectivity index (χ1) is 12.2. The van der Waals surface area contributed by atoms with Gasteiger partial charge in [-0.25, -0.2) is 4.39 Å². The molecule has 1 aromatic heterocycles. The van der Waals surface area contributed by atoms with Crippen LogP contribution in [0.4, 0.5) is 10.1 Å². The summed E-state index contributed by atoms with van der Waals surface area (Å²) in [7, 11) is 1.66. The molecule has 0 N–H and O–H groups in total. The highest BCUT2D eigenvalue weighted by molar-refractivity contribution is 5.49. The average molecular weight is 338 g/mol. The molecule has 0 saturated carbocycles. The lowest BCUT2D eigenvalue weighted by atomic mass is 10.2. The first-order valence-electron chi connectivity index (χ1n) is 8.21. The van der Waals surface area contributed by atoms with Gasteiger partial charge in [0.2, 0.25) is 0 Å². The van der Waals surface area contributed by atoms with E-state index < -0.39 is 0 Å². The van der Waals surface area contributed by atoms with Crippen molar-refractivity contribution in [3.8, 4) is 11.4 Å². The summed E-state index contributed by atoms with van der Waals surface area (Å²) in [5.41, 5.74) is 3.04. The van der Waals surface area contributed by atoms with E-state index in [4.69, 9.17) is 9.47 Å². The maximum Gasteiger partial charge on any atom is 0.158 e. The van der Waals surface area contributed by atoms with Crippen molar-refractivity contribution in [2.45, 2.75) is 6.23 Å². The quantitative estimate of drug-likeness (QED) is 0.715. The Labute approximate surface area is 146 Å². The summed E-state index contributed by atoms with van der Waals surface area (Å²) < 4.78 is 26.4. The molecule has 5 heteroatoms. The Balaban J connectivity index is 1.61. The molecule has 0 amide bonds. The Morgan fingerprint density at radius 1 is 1.08 bits per heavy atom. The van der Waals surface area contributed by atoms with E-state index in [-0.39, 0.29) is 12.0 Å². The molecule has 0 aliphatic carbocycles. The van der Waals surface area contributed by atoms with Crippen LogP contribution in [-0.4, -0.2) is 24.8 Å². The topological polar surface area (TPSA) is 26.6 Å². The molecule has 3 aromatic rings. The monoisotopic (exact) mass is 338 g/mol. The zero-order chi connectivity index (χ0) is 17.2. The fraction of sp³-hybridized carbons (Fsp3) is 0.200. The van der Waals surface area contributed by atoms with Crippen molar-refractivity contribution >= 4 is 5.69 Å². The van der Waals surface area contributed by atoms with E-state index in [1.165, 1.54) is 12.1 Å². The van der Waals surface area contributed by atoms with E-state index in [0.29, 0.717) is 6.61 Å². The highest BCUT2D eigenvalue weighted by Gasteiger charge is 2.28. The Morgan fingerprint density at radius 2 is 1.92 bits per heavy atom. The number of benzene rings is 2. The number of hydrogen-bond donors (Lipinski definition) is 0. The SMILES string of the molecule is COc1cccc(-n2ccc([C@H]3OCCN3c3ccc(F)cc3)c2)c1. The van der Waals surface area contributed by atoms with Crippen molar-refractivity contribution in [3.05, 3.63) is 78.4 Å². The van der Waals surface area contributed by atoms with Gasteiger partial charge in [0.15, 0.2) is 6.23 Å². The lowest BCUT2D eigenvalue weighted by Crippen LogP contribution is -2.22. The number of aromatic nitrogens is 1. The normalized spacial score (nSPS) is 17.0. The highest BCUT2D eigenvalue weighted by atomic mass is 19.1. The molecule has 0 bridgehead atoms. The van der Waals surface area contributed by atoms with Gasteiger partial charge in [0, 0.05) is 41.9 Å². The highest BCUT2D eigenvalue weighted by Crippen LogP contribution is 2.33. The van der Waals surface area contributed by atoms with E-state index in [2.05, 4.69) is 11.1 Å². The molecule has 1 atom stereocenters. The molecule has 1 saturated heterocycles. The third-order valence-corrected chi connectivity index (χ3v) is 4.40. The maximum absolute atomic E-state index is 13.2. The van der Waals surface area contributed by atoms with Crippen LogP contribution in [-0.2, 0) is 4.74 Å². The second kappa shape index (κ2) is 6.61. The number of halogens is 1. The summed E-state index contributed by atoms with van der Waals surface area (Å²) in [5, 5.41) is 0. The molecule has 2 heterocycles. The predicted octanol–water partition coefficient (Wildman–Crippen LogP) is 4.16. The smallest absolute Gasteiger partial charge is 0.158 e. The first kappa shape index (κ1) is 15.7. The molecule has 4 rings (SSSR count). The minimum absolute atomic E-state index is 0.169. The summed E-state index contributed by atoms with van der Waals surface area (Å²) >= 11 is 0. The van der Waals surface area contributed by atoms with Gasteiger partial charge in [-0.1, -0.05) is 6.07 Å². The van der Waals surface area contributed by atoms with Gasteiger partial charge in [0.25, 0.3) is 0 Å².